The Morgan fingerprint density at radius 2 is 2.05 bits per heavy atom. The van der Waals surface area contributed by atoms with Gasteiger partial charge < -0.3 is 0 Å². The monoisotopic (exact) mass is 340 g/mol. The second kappa shape index (κ2) is 6.98. The first kappa shape index (κ1) is 16.6. The molecule has 0 fully saturated rings. The van der Waals surface area contributed by atoms with E-state index in [2.05, 4.69) is 17.0 Å². The van der Waals surface area contributed by atoms with Crippen LogP contribution in [0.2, 0.25) is 0 Å². The van der Waals surface area contributed by atoms with E-state index in [0.717, 1.165) is 47.7 Å². The van der Waals surface area contributed by atoms with Gasteiger partial charge in [-0.15, -0.1) is 5.10 Å². The maximum absolute atomic E-state index is 12.2. The second-order valence-electron chi connectivity index (χ2n) is 4.88. The quantitative estimate of drug-likeness (QED) is 0.711. The highest BCUT2D eigenvalue weighted by atomic mass is 32.2. The molecule has 2 rings (SSSR count). The van der Waals surface area contributed by atoms with E-state index < -0.39 is 15.4 Å². The smallest absolute Gasteiger partial charge is 0.266 e. The highest BCUT2D eigenvalue weighted by molar-refractivity contribution is 7.93. The average Bonchev–Trinajstić information content (AvgIpc) is 2.93. The van der Waals surface area contributed by atoms with Crippen LogP contribution in [0.5, 0.6) is 0 Å². The highest BCUT2D eigenvalue weighted by Crippen LogP contribution is 2.19. The molecule has 7 nitrogen and oxygen atoms in total. The topological polar surface area (TPSA) is 105 Å². The van der Waals surface area contributed by atoms with Gasteiger partial charge in [-0.2, -0.15) is 9.78 Å². The largest absolute Gasteiger partial charge is 0.293 e. The molecule has 0 spiro atoms. The summed E-state index contributed by atoms with van der Waals surface area (Å²) in [6, 6.07) is 1.71. The van der Waals surface area contributed by atoms with Crippen molar-refractivity contribution in [3.63, 3.8) is 0 Å². The summed E-state index contributed by atoms with van der Waals surface area (Å²) in [5, 5.41) is 12.6. The molecule has 0 radical (unpaired) electrons. The molecule has 2 heterocycles. The van der Waals surface area contributed by atoms with E-state index in [1.165, 1.54) is 0 Å². The van der Waals surface area contributed by atoms with Crippen molar-refractivity contribution in [1.82, 2.24) is 14.6 Å². The van der Waals surface area contributed by atoms with Crippen molar-refractivity contribution in [2.45, 2.75) is 43.4 Å². The van der Waals surface area contributed by atoms with Gasteiger partial charge in [-0.05, 0) is 6.42 Å². The molecular formula is C13H16N4O3S2. The molecule has 0 aliphatic rings. The lowest BCUT2D eigenvalue weighted by molar-refractivity contribution is 0.584. The predicted molar refractivity (Wildman–Crippen MR) is 82.7 cm³/mol. The van der Waals surface area contributed by atoms with E-state index in [1.807, 2.05) is 0 Å². The third-order valence-electron chi connectivity index (χ3n) is 3.17. The first-order chi connectivity index (χ1) is 10.5. The lowest BCUT2D eigenvalue weighted by Gasteiger charge is -2.00. The molecule has 0 bridgehead atoms. The normalized spacial score (nSPS) is 11.6. The molecule has 0 N–H and O–H groups in total. The van der Waals surface area contributed by atoms with Crippen molar-refractivity contribution in [3.8, 4) is 6.07 Å². The lowest BCUT2D eigenvalue weighted by Crippen LogP contribution is -2.18. The molecule has 0 aliphatic carbocycles. The molecule has 118 valence electrons. The standard InChI is InChI=1S/C13H16N4O3S2/c1-2-3-4-5-6-7-22(19,20)13-16-17-11(18)10(8-14)9-15-12(17)21-13/h9H,2-7H2,1H3. The van der Waals surface area contributed by atoms with Gasteiger partial charge in [0.2, 0.25) is 19.1 Å². The first-order valence-electron chi connectivity index (χ1n) is 7.01. The van der Waals surface area contributed by atoms with Gasteiger partial charge in [0.05, 0.1) is 11.9 Å². The number of nitriles is 1. The highest BCUT2D eigenvalue weighted by Gasteiger charge is 2.21. The molecule has 0 atom stereocenters. The Hall–Kier alpha value is -1.79. The van der Waals surface area contributed by atoms with E-state index in [1.54, 1.807) is 6.07 Å². The Bertz CT molecular complexity index is 862. The van der Waals surface area contributed by atoms with Crippen LogP contribution in [0.4, 0.5) is 0 Å². The van der Waals surface area contributed by atoms with Crippen LogP contribution >= 0.6 is 11.3 Å². The first-order valence-corrected chi connectivity index (χ1v) is 9.48. The number of unbranched alkanes of at least 4 members (excludes halogenated alkanes) is 4. The van der Waals surface area contributed by atoms with Gasteiger partial charge in [0.1, 0.15) is 11.6 Å². The molecule has 0 saturated heterocycles. The summed E-state index contributed by atoms with van der Waals surface area (Å²) < 4.78 is 25.2. The maximum atomic E-state index is 12.2. The fraction of sp³-hybridized carbons (Fsp3) is 0.538. The number of rotatable bonds is 7. The molecule has 0 unspecified atom stereocenters. The van der Waals surface area contributed by atoms with E-state index in [-0.39, 0.29) is 20.6 Å². The molecule has 2 aromatic heterocycles. The minimum atomic E-state index is -3.52. The summed E-state index contributed by atoms with van der Waals surface area (Å²) in [6.45, 7) is 2.10. The Morgan fingerprint density at radius 1 is 1.32 bits per heavy atom. The number of fused-ring (bicyclic) bond motifs is 1. The second-order valence-corrected chi connectivity index (χ2v) is 8.12. The summed E-state index contributed by atoms with van der Waals surface area (Å²) >= 11 is 0.849. The molecule has 0 aromatic carbocycles. The van der Waals surface area contributed by atoms with Gasteiger partial charge in [-0.25, -0.2) is 13.4 Å². The average molecular weight is 340 g/mol. The van der Waals surface area contributed by atoms with Crippen molar-refractivity contribution in [1.29, 1.82) is 5.26 Å². The van der Waals surface area contributed by atoms with Gasteiger partial charge in [-0.3, -0.25) is 4.79 Å². The summed E-state index contributed by atoms with van der Waals surface area (Å²) in [6.07, 6.45) is 5.77. The number of nitrogens with zero attached hydrogens (tertiary/aromatic N) is 4. The Balaban J connectivity index is 2.22. The SMILES string of the molecule is CCCCCCCS(=O)(=O)c1nn2c(=O)c(C#N)cnc2s1. The van der Waals surface area contributed by atoms with Crippen LogP contribution in [0.1, 0.15) is 44.6 Å². The number of hydrogen-bond donors (Lipinski definition) is 0. The summed E-state index contributed by atoms with van der Waals surface area (Å²) in [5.74, 6) is 0.0103. The third-order valence-corrected chi connectivity index (χ3v) is 6.34. The Labute approximate surface area is 132 Å². The minimum absolute atomic E-state index is 0.0103. The van der Waals surface area contributed by atoms with E-state index in [4.69, 9.17) is 5.26 Å². The van der Waals surface area contributed by atoms with Gasteiger partial charge >= 0.3 is 0 Å². The summed E-state index contributed by atoms with van der Waals surface area (Å²) in [5.41, 5.74) is -0.806. The van der Waals surface area contributed by atoms with Gasteiger partial charge in [0.15, 0.2) is 0 Å². The van der Waals surface area contributed by atoms with Crippen LogP contribution in [0, 0.1) is 11.3 Å². The van der Waals surface area contributed by atoms with E-state index in [9.17, 15) is 13.2 Å². The van der Waals surface area contributed by atoms with Crippen molar-refractivity contribution in [2.24, 2.45) is 0 Å². The molecule has 9 heteroatoms. The predicted octanol–water partition coefficient (Wildman–Crippen LogP) is 1.77. The fourth-order valence-corrected chi connectivity index (χ4v) is 4.49. The zero-order chi connectivity index (χ0) is 16.2. The fourth-order valence-electron chi connectivity index (χ4n) is 1.95. The lowest BCUT2D eigenvalue weighted by atomic mass is 10.2. The van der Waals surface area contributed by atoms with E-state index >= 15 is 0 Å². The molecular weight excluding hydrogens is 324 g/mol. The molecule has 0 amide bonds. The summed E-state index contributed by atoms with van der Waals surface area (Å²) in [4.78, 5) is 16.0. The van der Waals surface area contributed by atoms with Crippen LogP contribution in [0.3, 0.4) is 0 Å². The number of sulfone groups is 1. The zero-order valence-corrected chi connectivity index (χ0v) is 13.8. The minimum Gasteiger partial charge on any atom is -0.266 e. The van der Waals surface area contributed by atoms with E-state index in [0.29, 0.717) is 6.42 Å². The maximum Gasteiger partial charge on any atom is 0.293 e. The van der Waals surface area contributed by atoms with Crippen LogP contribution in [0.15, 0.2) is 15.3 Å². The molecule has 0 saturated carbocycles. The zero-order valence-electron chi connectivity index (χ0n) is 12.2. The number of hydrogen-bond acceptors (Lipinski definition) is 7. The van der Waals surface area contributed by atoms with Gasteiger partial charge in [0.25, 0.3) is 5.56 Å². The van der Waals surface area contributed by atoms with Crippen molar-refractivity contribution in [2.75, 3.05) is 5.75 Å². The van der Waals surface area contributed by atoms with Crippen LogP contribution < -0.4 is 5.56 Å². The van der Waals surface area contributed by atoms with Crippen molar-refractivity contribution in [3.05, 3.63) is 22.1 Å². The Morgan fingerprint density at radius 3 is 2.73 bits per heavy atom. The van der Waals surface area contributed by atoms with Crippen LogP contribution in [-0.2, 0) is 9.84 Å². The van der Waals surface area contributed by atoms with Crippen LogP contribution in [0.25, 0.3) is 4.96 Å². The molecule has 22 heavy (non-hydrogen) atoms. The van der Waals surface area contributed by atoms with Crippen LogP contribution in [-0.4, -0.2) is 28.8 Å². The molecule has 2 aromatic rings. The van der Waals surface area contributed by atoms with Crippen molar-refractivity contribution < 1.29 is 8.42 Å². The Kier molecular flexibility index (Phi) is 5.26. The number of aromatic nitrogens is 3. The van der Waals surface area contributed by atoms with Crippen molar-refractivity contribution >= 4 is 26.1 Å². The third kappa shape index (κ3) is 3.51. The van der Waals surface area contributed by atoms with Gasteiger partial charge in [-0.1, -0.05) is 43.9 Å². The van der Waals surface area contributed by atoms with Gasteiger partial charge in [0, 0.05) is 0 Å². The summed E-state index contributed by atoms with van der Waals surface area (Å²) in [7, 11) is -3.52. The molecule has 0 aliphatic heterocycles.